The van der Waals surface area contributed by atoms with Crippen LogP contribution in [0, 0.1) is 5.41 Å². The summed E-state index contributed by atoms with van der Waals surface area (Å²) in [5.41, 5.74) is 5.33. The average molecular weight is 212 g/mol. The van der Waals surface area contributed by atoms with Gasteiger partial charge in [0, 0.05) is 18.0 Å². The molecule has 0 aromatic heterocycles. The molecule has 1 saturated heterocycles. The largest absolute Gasteiger partial charge is 0.401 e. The van der Waals surface area contributed by atoms with E-state index < -0.39 is 12.7 Å². The van der Waals surface area contributed by atoms with Crippen LogP contribution < -0.4 is 11.1 Å². The summed E-state index contributed by atoms with van der Waals surface area (Å²) in [4.78, 5) is 0. The SMILES string of the molecule is CC1(CNCC(F)(F)F)COCC1N. The van der Waals surface area contributed by atoms with E-state index in [9.17, 15) is 13.2 Å². The highest BCUT2D eigenvalue weighted by molar-refractivity contribution is 4.91. The summed E-state index contributed by atoms with van der Waals surface area (Å²) in [5.74, 6) is 0. The summed E-state index contributed by atoms with van der Waals surface area (Å²) in [6.07, 6.45) is -4.17. The van der Waals surface area contributed by atoms with E-state index in [1.807, 2.05) is 6.92 Å². The van der Waals surface area contributed by atoms with Crippen LogP contribution in [0.3, 0.4) is 0 Å². The van der Waals surface area contributed by atoms with Gasteiger partial charge in [0.25, 0.3) is 0 Å². The van der Waals surface area contributed by atoms with Gasteiger partial charge >= 0.3 is 6.18 Å². The molecule has 1 aliphatic rings. The quantitative estimate of drug-likeness (QED) is 0.716. The van der Waals surface area contributed by atoms with Gasteiger partial charge < -0.3 is 15.8 Å². The standard InChI is InChI=1S/C8H15F3N2O/c1-7(5-14-2-6(7)12)3-13-4-8(9,10)11/h6,13H,2-5,12H2,1H3. The summed E-state index contributed by atoms with van der Waals surface area (Å²) in [6.45, 7) is 1.92. The lowest BCUT2D eigenvalue weighted by atomic mass is 9.86. The minimum absolute atomic E-state index is 0.191. The molecule has 6 heteroatoms. The lowest BCUT2D eigenvalue weighted by Crippen LogP contribution is -2.47. The molecular weight excluding hydrogens is 197 g/mol. The normalized spacial score (nSPS) is 33.6. The highest BCUT2D eigenvalue weighted by Crippen LogP contribution is 2.26. The van der Waals surface area contributed by atoms with Crippen molar-refractivity contribution >= 4 is 0 Å². The molecule has 84 valence electrons. The first-order valence-electron chi connectivity index (χ1n) is 4.44. The predicted molar refractivity (Wildman–Crippen MR) is 45.8 cm³/mol. The third-order valence-corrected chi connectivity index (χ3v) is 2.48. The molecule has 0 spiro atoms. The third kappa shape index (κ3) is 3.11. The Morgan fingerprint density at radius 3 is 2.64 bits per heavy atom. The lowest BCUT2D eigenvalue weighted by Gasteiger charge is -2.27. The van der Waals surface area contributed by atoms with Crippen molar-refractivity contribution in [3.63, 3.8) is 0 Å². The van der Waals surface area contributed by atoms with Gasteiger partial charge in [-0.25, -0.2) is 0 Å². The Labute approximate surface area is 80.8 Å². The van der Waals surface area contributed by atoms with E-state index in [-0.39, 0.29) is 18.0 Å². The minimum Gasteiger partial charge on any atom is -0.379 e. The van der Waals surface area contributed by atoms with Crippen molar-refractivity contribution in [3.8, 4) is 0 Å². The van der Waals surface area contributed by atoms with Crippen LogP contribution in [0.4, 0.5) is 13.2 Å². The van der Waals surface area contributed by atoms with Gasteiger partial charge in [-0.2, -0.15) is 13.2 Å². The highest BCUT2D eigenvalue weighted by atomic mass is 19.4. The Kier molecular flexibility index (Phi) is 3.39. The molecule has 0 aliphatic carbocycles. The van der Waals surface area contributed by atoms with Crippen LogP contribution in [-0.2, 0) is 4.74 Å². The summed E-state index contributed by atoms with van der Waals surface area (Å²) in [5, 5.41) is 2.35. The van der Waals surface area contributed by atoms with Gasteiger partial charge in [-0.1, -0.05) is 6.92 Å². The zero-order valence-electron chi connectivity index (χ0n) is 8.03. The predicted octanol–water partition coefficient (Wildman–Crippen LogP) is 0.502. The topological polar surface area (TPSA) is 47.3 Å². The number of hydrogen-bond donors (Lipinski definition) is 2. The fourth-order valence-electron chi connectivity index (χ4n) is 1.40. The smallest absolute Gasteiger partial charge is 0.379 e. The molecule has 3 nitrogen and oxygen atoms in total. The number of nitrogens with one attached hydrogen (secondary N) is 1. The van der Waals surface area contributed by atoms with E-state index in [2.05, 4.69) is 5.32 Å². The van der Waals surface area contributed by atoms with E-state index in [4.69, 9.17) is 10.5 Å². The molecule has 0 saturated carbocycles. The highest BCUT2D eigenvalue weighted by Gasteiger charge is 2.38. The Morgan fingerprint density at radius 1 is 1.57 bits per heavy atom. The van der Waals surface area contributed by atoms with Crippen LogP contribution in [0.2, 0.25) is 0 Å². The van der Waals surface area contributed by atoms with E-state index in [0.29, 0.717) is 13.2 Å². The number of halogens is 3. The molecule has 2 unspecified atom stereocenters. The molecule has 0 radical (unpaired) electrons. The fourth-order valence-corrected chi connectivity index (χ4v) is 1.40. The van der Waals surface area contributed by atoms with Crippen molar-refractivity contribution in [2.24, 2.45) is 11.1 Å². The summed E-state index contributed by atoms with van der Waals surface area (Å²) < 4.78 is 40.6. The van der Waals surface area contributed by atoms with Crippen molar-refractivity contribution in [2.45, 2.75) is 19.1 Å². The zero-order valence-corrected chi connectivity index (χ0v) is 8.03. The molecular formula is C8H15F3N2O. The first-order chi connectivity index (χ1) is 6.33. The van der Waals surface area contributed by atoms with E-state index >= 15 is 0 Å². The maximum atomic E-state index is 11.8. The van der Waals surface area contributed by atoms with Crippen LogP contribution in [0.1, 0.15) is 6.92 Å². The molecule has 1 aliphatic heterocycles. The minimum atomic E-state index is -4.17. The molecule has 0 aromatic carbocycles. The van der Waals surface area contributed by atoms with Crippen molar-refractivity contribution in [2.75, 3.05) is 26.3 Å². The first-order valence-corrected chi connectivity index (χ1v) is 4.44. The molecule has 14 heavy (non-hydrogen) atoms. The molecule has 2 atom stereocenters. The summed E-state index contributed by atoms with van der Waals surface area (Å²) in [6, 6.07) is -0.191. The van der Waals surface area contributed by atoms with Gasteiger partial charge in [-0.3, -0.25) is 0 Å². The lowest BCUT2D eigenvalue weighted by molar-refractivity contribution is -0.125. The summed E-state index contributed by atoms with van der Waals surface area (Å²) >= 11 is 0. The van der Waals surface area contributed by atoms with Crippen LogP contribution in [0.15, 0.2) is 0 Å². The maximum absolute atomic E-state index is 11.8. The van der Waals surface area contributed by atoms with Crippen molar-refractivity contribution < 1.29 is 17.9 Å². The maximum Gasteiger partial charge on any atom is 0.401 e. The number of nitrogens with two attached hydrogens (primary N) is 1. The molecule has 0 aromatic rings. The monoisotopic (exact) mass is 212 g/mol. The van der Waals surface area contributed by atoms with Gasteiger partial charge in [0.15, 0.2) is 0 Å². The number of ether oxygens (including phenoxy) is 1. The van der Waals surface area contributed by atoms with Gasteiger partial charge in [-0.05, 0) is 0 Å². The van der Waals surface area contributed by atoms with Crippen molar-refractivity contribution in [1.29, 1.82) is 0 Å². The Bertz CT molecular complexity index is 198. The van der Waals surface area contributed by atoms with Crippen LogP contribution in [0.5, 0.6) is 0 Å². The molecule has 1 heterocycles. The number of hydrogen-bond acceptors (Lipinski definition) is 3. The second-order valence-electron chi connectivity index (χ2n) is 3.99. The third-order valence-electron chi connectivity index (χ3n) is 2.48. The van der Waals surface area contributed by atoms with E-state index in [1.165, 1.54) is 0 Å². The number of rotatable bonds is 3. The van der Waals surface area contributed by atoms with Crippen LogP contribution >= 0.6 is 0 Å². The Hall–Kier alpha value is -0.330. The fraction of sp³-hybridized carbons (Fsp3) is 1.00. The molecule has 0 bridgehead atoms. The first kappa shape index (κ1) is 11.7. The van der Waals surface area contributed by atoms with Gasteiger partial charge in [0.1, 0.15) is 0 Å². The second-order valence-corrected chi connectivity index (χ2v) is 3.99. The Morgan fingerprint density at radius 2 is 2.21 bits per heavy atom. The number of alkyl halides is 3. The van der Waals surface area contributed by atoms with E-state index in [0.717, 1.165) is 0 Å². The van der Waals surface area contributed by atoms with Crippen LogP contribution in [0.25, 0.3) is 0 Å². The van der Waals surface area contributed by atoms with Crippen LogP contribution in [-0.4, -0.2) is 38.5 Å². The zero-order chi connectivity index (χ0) is 10.8. The van der Waals surface area contributed by atoms with Gasteiger partial charge in [-0.15, -0.1) is 0 Å². The van der Waals surface area contributed by atoms with Gasteiger partial charge in [0.05, 0.1) is 19.8 Å². The van der Waals surface area contributed by atoms with Crippen molar-refractivity contribution in [3.05, 3.63) is 0 Å². The van der Waals surface area contributed by atoms with Gasteiger partial charge in [0.2, 0.25) is 0 Å². The molecule has 0 amide bonds. The summed E-state index contributed by atoms with van der Waals surface area (Å²) in [7, 11) is 0. The van der Waals surface area contributed by atoms with Crippen molar-refractivity contribution in [1.82, 2.24) is 5.32 Å². The average Bonchev–Trinajstić information content (AvgIpc) is 2.30. The second kappa shape index (κ2) is 4.04. The Balaban J connectivity index is 2.30. The molecule has 3 N–H and O–H groups in total. The van der Waals surface area contributed by atoms with E-state index in [1.54, 1.807) is 0 Å². The molecule has 1 fully saturated rings. The molecule has 1 rings (SSSR count).